The molecule has 2 aromatic carbocycles. The Bertz CT molecular complexity index is 676. The van der Waals surface area contributed by atoms with Crippen LogP contribution in [0.5, 0.6) is 5.75 Å². The van der Waals surface area contributed by atoms with E-state index in [0.717, 1.165) is 21.3 Å². The van der Waals surface area contributed by atoms with Crippen LogP contribution in [-0.4, -0.2) is 19.6 Å². The first-order valence-corrected chi connectivity index (χ1v) is 8.71. The number of halogens is 1. The minimum atomic E-state index is -0.0224. The number of carbonyl (C=O) groups excluding carboxylic acids is 1. The van der Waals surface area contributed by atoms with E-state index in [4.69, 9.17) is 4.74 Å². The second kappa shape index (κ2) is 8.85. The van der Waals surface area contributed by atoms with Gasteiger partial charge in [-0.05, 0) is 53.0 Å². The number of methoxy groups -OCH3 is 1. The van der Waals surface area contributed by atoms with Crippen LogP contribution in [-0.2, 0) is 4.79 Å². The average molecular weight is 391 g/mol. The van der Waals surface area contributed by atoms with Gasteiger partial charge < -0.3 is 15.4 Å². The molecule has 1 amide bonds. The number of nitrogens with one attached hydrogen (secondary N) is 2. The first-order chi connectivity index (χ1) is 11.5. The quantitative estimate of drug-likeness (QED) is 0.751. The summed E-state index contributed by atoms with van der Waals surface area (Å²) in [7, 11) is 1.64. The van der Waals surface area contributed by atoms with Crippen molar-refractivity contribution in [2.24, 2.45) is 0 Å². The first-order valence-electron chi connectivity index (χ1n) is 7.92. The van der Waals surface area contributed by atoms with Crippen LogP contribution in [0.4, 0.5) is 0 Å². The number of ether oxygens (including phenoxy) is 1. The first kappa shape index (κ1) is 18.5. The zero-order chi connectivity index (χ0) is 17.5. The molecule has 0 aliphatic rings. The van der Waals surface area contributed by atoms with E-state index in [-0.39, 0.29) is 24.5 Å². The lowest BCUT2D eigenvalue weighted by Gasteiger charge is -2.18. The minimum absolute atomic E-state index is 0.00839. The summed E-state index contributed by atoms with van der Waals surface area (Å²) in [5.74, 6) is 0.770. The summed E-state index contributed by atoms with van der Waals surface area (Å²) in [6.45, 7) is 4.28. The van der Waals surface area contributed by atoms with E-state index in [1.54, 1.807) is 7.11 Å². The number of hydrogen-bond donors (Lipinski definition) is 2. The van der Waals surface area contributed by atoms with Gasteiger partial charge in [-0.2, -0.15) is 0 Å². The highest BCUT2D eigenvalue weighted by Crippen LogP contribution is 2.27. The summed E-state index contributed by atoms with van der Waals surface area (Å²) in [5.41, 5.74) is 2.18. The largest absolute Gasteiger partial charge is 0.496 e. The molecule has 24 heavy (non-hydrogen) atoms. The molecular formula is C19H23BrN2O2. The van der Waals surface area contributed by atoms with Crippen LogP contribution >= 0.6 is 15.9 Å². The van der Waals surface area contributed by atoms with E-state index in [2.05, 4.69) is 26.6 Å². The van der Waals surface area contributed by atoms with Crippen molar-refractivity contribution < 1.29 is 9.53 Å². The van der Waals surface area contributed by atoms with E-state index >= 15 is 0 Å². The summed E-state index contributed by atoms with van der Waals surface area (Å²) in [6, 6.07) is 15.9. The Morgan fingerprint density at radius 2 is 1.79 bits per heavy atom. The lowest BCUT2D eigenvalue weighted by Crippen LogP contribution is -2.36. The normalized spacial score (nSPS) is 13.2. The van der Waals surface area contributed by atoms with Crippen molar-refractivity contribution in [3.05, 3.63) is 64.1 Å². The van der Waals surface area contributed by atoms with Gasteiger partial charge in [0.25, 0.3) is 0 Å². The Morgan fingerprint density at radius 1 is 1.08 bits per heavy atom. The van der Waals surface area contributed by atoms with Crippen LogP contribution in [0.3, 0.4) is 0 Å². The Kier molecular flexibility index (Phi) is 6.82. The standard InChI is InChI=1S/C19H23BrN2O2/c1-13(16-9-10-18(24-3)17(20)11-16)21-12-19(23)22-14(2)15-7-5-4-6-8-15/h4-11,13-14,21H,12H2,1-3H3,(H,22,23)/t13-,14+/m1/s1. The molecule has 2 aromatic rings. The van der Waals surface area contributed by atoms with E-state index in [0.29, 0.717) is 0 Å². The SMILES string of the molecule is COc1ccc([C@@H](C)NCC(=O)N[C@@H](C)c2ccccc2)cc1Br. The van der Waals surface area contributed by atoms with Gasteiger partial charge >= 0.3 is 0 Å². The number of rotatable bonds is 7. The van der Waals surface area contributed by atoms with E-state index in [1.165, 1.54) is 0 Å². The predicted octanol–water partition coefficient (Wildman–Crippen LogP) is 3.99. The molecule has 0 saturated heterocycles. The molecule has 0 fully saturated rings. The molecule has 0 spiro atoms. The van der Waals surface area contributed by atoms with Crippen LogP contribution in [0.25, 0.3) is 0 Å². The molecule has 0 saturated carbocycles. The molecule has 0 unspecified atom stereocenters. The van der Waals surface area contributed by atoms with E-state index < -0.39 is 0 Å². The van der Waals surface area contributed by atoms with Crippen molar-refractivity contribution in [3.8, 4) is 5.75 Å². The maximum absolute atomic E-state index is 12.1. The molecule has 0 heterocycles. The van der Waals surface area contributed by atoms with Crippen molar-refractivity contribution in [1.29, 1.82) is 0 Å². The van der Waals surface area contributed by atoms with E-state index in [1.807, 2.05) is 62.4 Å². The van der Waals surface area contributed by atoms with Crippen LogP contribution in [0.2, 0.25) is 0 Å². The van der Waals surface area contributed by atoms with Crippen LogP contribution in [0.15, 0.2) is 53.0 Å². The van der Waals surface area contributed by atoms with Crippen molar-refractivity contribution in [2.45, 2.75) is 25.9 Å². The summed E-state index contributed by atoms with van der Waals surface area (Å²) in [6.07, 6.45) is 0. The van der Waals surface area contributed by atoms with Gasteiger partial charge in [0.15, 0.2) is 0 Å². The molecule has 0 aliphatic heterocycles. The van der Waals surface area contributed by atoms with Gasteiger partial charge in [0, 0.05) is 6.04 Å². The zero-order valence-corrected chi connectivity index (χ0v) is 15.8. The molecule has 2 atom stereocenters. The maximum atomic E-state index is 12.1. The molecule has 4 nitrogen and oxygen atoms in total. The Labute approximate surface area is 151 Å². The number of benzene rings is 2. The molecule has 0 aliphatic carbocycles. The second-order valence-corrected chi connectivity index (χ2v) is 6.55. The van der Waals surface area contributed by atoms with Crippen molar-refractivity contribution in [1.82, 2.24) is 10.6 Å². The molecule has 2 rings (SSSR count). The predicted molar refractivity (Wildman–Crippen MR) is 100 cm³/mol. The molecule has 0 aromatic heterocycles. The van der Waals surface area contributed by atoms with Crippen LogP contribution in [0.1, 0.15) is 37.1 Å². The van der Waals surface area contributed by atoms with Gasteiger partial charge in [0.2, 0.25) is 5.91 Å². The van der Waals surface area contributed by atoms with Gasteiger partial charge in [-0.3, -0.25) is 4.79 Å². The maximum Gasteiger partial charge on any atom is 0.234 e. The van der Waals surface area contributed by atoms with Gasteiger partial charge in [0.1, 0.15) is 5.75 Å². The molecule has 0 radical (unpaired) electrons. The lowest BCUT2D eigenvalue weighted by molar-refractivity contribution is -0.121. The molecule has 5 heteroatoms. The highest BCUT2D eigenvalue weighted by atomic mass is 79.9. The smallest absolute Gasteiger partial charge is 0.234 e. The van der Waals surface area contributed by atoms with Gasteiger partial charge in [-0.1, -0.05) is 36.4 Å². The second-order valence-electron chi connectivity index (χ2n) is 5.70. The Balaban J connectivity index is 1.86. The number of carbonyl (C=O) groups is 1. The molecule has 2 N–H and O–H groups in total. The third-order valence-corrected chi connectivity index (χ3v) is 4.54. The van der Waals surface area contributed by atoms with Crippen LogP contribution < -0.4 is 15.4 Å². The summed E-state index contributed by atoms with van der Waals surface area (Å²) in [5, 5.41) is 6.25. The third kappa shape index (κ3) is 5.08. The monoisotopic (exact) mass is 390 g/mol. The summed E-state index contributed by atoms with van der Waals surface area (Å²) >= 11 is 3.48. The molecular weight excluding hydrogens is 368 g/mol. The van der Waals surface area contributed by atoms with Gasteiger partial charge in [-0.15, -0.1) is 0 Å². The fourth-order valence-electron chi connectivity index (χ4n) is 2.43. The number of hydrogen-bond acceptors (Lipinski definition) is 3. The van der Waals surface area contributed by atoms with Crippen LogP contribution in [0, 0.1) is 0 Å². The molecule has 0 bridgehead atoms. The van der Waals surface area contributed by atoms with Gasteiger partial charge in [-0.25, -0.2) is 0 Å². The van der Waals surface area contributed by atoms with Crippen molar-refractivity contribution in [3.63, 3.8) is 0 Å². The zero-order valence-electron chi connectivity index (χ0n) is 14.2. The summed E-state index contributed by atoms with van der Waals surface area (Å²) < 4.78 is 6.13. The average Bonchev–Trinajstić information content (AvgIpc) is 2.60. The number of amides is 1. The fraction of sp³-hybridized carbons (Fsp3) is 0.316. The van der Waals surface area contributed by atoms with Gasteiger partial charge in [0.05, 0.1) is 24.2 Å². The van der Waals surface area contributed by atoms with Crippen molar-refractivity contribution in [2.75, 3.05) is 13.7 Å². The topological polar surface area (TPSA) is 50.4 Å². The summed E-state index contributed by atoms with van der Waals surface area (Å²) in [4.78, 5) is 12.1. The molecule has 128 valence electrons. The lowest BCUT2D eigenvalue weighted by atomic mass is 10.1. The highest BCUT2D eigenvalue weighted by molar-refractivity contribution is 9.10. The minimum Gasteiger partial charge on any atom is -0.496 e. The Hall–Kier alpha value is -1.85. The van der Waals surface area contributed by atoms with E-state index in [9.17, 15) is 4.79 Å². The van der Waals surface area contributed by atoms with Crippen molar-refractivity contribution >= 4 is 21.8 Å². The highest BCUT2D eigenvalue weighted by Gasteiger charge is 2.12. The third-order valence-electron chi connectivity index (χ3n) is 3.92. The fourth-order valence-corrected chi connectivity index (χ4v) is 2.99. The Morgan fingerprint density at radius 3 is 2.42 bits per heavy atom.